The van der Waals surface area contributed by atoms with Gasteiger partial charge in [-0.2, -0.15) is 0 Å². The number of hydrogen-bond donors (Lipinski definition) is 2. The minimum Gasteiger partial charge on any atom is -0.341 e. The van der Waals surface area contributed by atoms with E-state index in [0.717, 1.165) is 37.6 Å². The zero-order valence-electron chi connectivity index (χ0n) is 14.9. The van der Waals surface area contributed by atoms with Crippen LogP contribution in [0.3, 0.4) is 0 Å². The van der Waals surface area contributed by atoms with Crippen molar-refractivity contribution in [2.45, 2.75) is 24.4 Å². The van der Waals surface area contributed by atoms with E-state index in [4.69, 9.17) is 11.6 Å². The number of nitrogens with one attached hydrogen (secondary N) is 2. The summed E-state index contributed by atoms with van der Waals surface area (Å²) in [4.78, 5) is 25.1. The van der Waals surface area contributed by atoms with Gasteiger partial charge in [-0.15, -0.1) is 10.2 Å². The SMILES string of the molecule is CNC(=O)NC(=O)CCSc1nnc(N2CCCC2)n1-c1ccccc1Cl. The van der Waals surface area contributed by atoms with Gasteiger partial charge in [-0.3, -0.25) is 14.7 Å². The molecular weight excluding hydrogens is 388 g/mol. The first-order valence-corrected chi connectivity index (χ1v) is 10.1. The van der Waals surface area contributed by atoms with Crippen LogP contribution in [-0.2, 0) is 4.79 Å². The van der Waals surface area contributed by atoms with Gasteiger partial charge in [0, 0.05) is 32.3 Å². The summed E-state index contributed by atoms with van der Waals surface area (Å²) in [5.41, 5.74) is 0.809. The van der Waals surface area contributed by atoms with E-state index in [-0.39, 0.29) is 12.3 Å². The maximum atomic E-state index is 11.8. The Balaban J connectivity index is 1.78. The molecule has 2 aromatic rings. The first-order chi connectivity index (χ1) is 13.1. The maximum absolute atomic E-state index is 11.8. The smallest absolute Gasteiger partial charge is 0.321 e. The molecule has 0 spiro atoms. The van der Waals surface area contributed by atoms with Crippen LogP contribution in [-0.4, -0.2) is 52.6 Å². The second kappa shape index (κ2) is 9.09. The van der Waals surface area contributed by atoms with E-state index in [1.807, 2.05) is 28.8 Å². The van der Waals surface area contributed by atoms with E-state index in [1.165, 1.54) is 18.8 Å². The average molecular weight is 409 g/mol. The van der Waals surface area contributed by atoms with Crippen molar-refractivity contribution in [2.24, 2.45) is 0 Å². The van der Waals surface area contributed by atoms with Crippen molar-refractivity contribution < 1.29 is 9.59 Å². The van der Waals surface area contributed by atoms with E-state index in [1.54, 1.807) is 0 Å². The average Bonchev–Trinajstić information content (AvgIpc) is 3.31. The summed E-state index contributed by atoms with van der Waals surface area (Å²) in [6, 6.07) is 7.03. The third-order valence-corrected chi connectivity index (χ3v) is 5.39. The summed E-state index contributed by atoms with van der Waals surface area (Å²) in [5.74, 6) is 0.883. The van der Waals surface area contributed by atoms with Crippen LogP contribution in [0.25, 0.3) is 5.69 Å². The highest BCUT2D eigenvalue weighted by atomic mass is 35.5. The highest BCUT2D eigenvalue weighted by molar-refractivity contribution is 7.99. The van der Waals surface area contributed by atoms with Crippen LogP contribution < -0.4 is 15.5 Å². The minimum absolute atomic E-state index is 0.187. The monoisotopic (exact) mass is 408 g/mol. The summed E-state index contributed by atoms with van der Waals surface area (Å²) in [6.45, 7) is 1.86. The Hall–Kier alpha value is -2.26. The van der Waals surface area contributed by atoms with Crippen LogP contribution in [0.1, 0.15) is 19.3 Å². The van der Waals surface area contributed by atoms with Gasteiger partial charge in [0.15, 0.2) is 5.16 Å². The Bertz CT molecular complexity index is 822. The first kappa shape index (κ1) is 19.5. The maximum Gasteiger partial charge on any atom is 0.321 e. The molecule has 10 heteroatoms. The quantitative estimate of drug-likeness (QED) is 0.713. The molecule has 0 radical (unpaired) electrons. The van der Waals surface area contributed by atoms with Crippen LogP contribution in [0, 0.1) is 0 Å². The van der Waals surface area contributed by atoms with Crippen molar-refractivity contribution in [3.05, 3.63) is 29.3 Å². The van der Waals surface area contributed by atoms with Gasteiger partial charge in [-0.05, 0) is 25.0 Å². The molecule has 0 bridgehead atoms. The molecule has 1 saturated heterocycles. The molecular formula is C17H21ClN6O2S. The van der Waals surface area contributed by atoms with E-state index in [0.29, 0.717) is 15.9 Å². The summed E-state index contributed by atoms with van der Waals surface area (Å²) in [5, 5.41) is 14.6. The Kier molecular flexibility index (Phi) is 6.57. The molecule has 1 aromatic carbocycles. The lowest BCUT2D eigenvalue weighted by atomic mass is 10.3. The summed E-state index contributed by atoms with van der Waals surface area (Å²) < 4.78 is 1.94. The van der Waals surface area contributed by atoms with Gasteiger partial charge < -0.3 is 10.2 Å². The minimum atomic E-state index is -0.513. The molecule has 3 amide bonds. The molecule has 8 nitrogen and oxygen atoms in total. The number of anilines is 1. The third kappa shape index (κ3) is 4.72. The molecule has 0 aliphatic carbocycles. The Morgan fingerprint density at radius 2 is 1.96 bits per heavy atom. The molecule has 2 heterocycles. The first-order valence-electron chi connectivity index (χ1n) is 8.70. The second-order valence-corrected chi connectivity index (χ2v) is 7.46. The Labute approximate surface area is 166 Å². The molecule has 1 fully saturated rings. The van der Waals surface area contributed by atoms with Crippen molar-refractivity contribution in [1.82, 2.24) is 25.4 Å². The predicted octanol–water partition coefficient (Wildman–Crippen LogP) is 2.46. The predicted molar refractivity (Wildman–Crippen MR) is 106 cm³/mol. The molecule has 0 atom stereocenters. The van der Waals surface area contributed by atoms with Crippen LogP contribution in [0.2, 0.25) is 5.02 Å². The Morgan fingerprint density at radius 1 is 1.22 bits per heavy atom. The van der Waals surface area contributed by atoms with E-state index < -0.39 is 6.03 Å². The van der Waals surface area contributed by atoms with Crippen molar-refractivity contribution in [3.63, 3.8) is 0 Å². The topological polar surface area (TPSA) is 92.2 Å². The van der Waals surface area contributed by atoms with Crippen LogP contribution in [0.5, 0.6) is 0 Å². The van der Waals surface area contributed by atoms with Crippen molar-refractivity contribution in [1.29, 1.82) is 0 Å². The van der Waals surface area contributed by atoms with E-state index in [9.17, 15) is 9.59 Å². The van der Waals surface area contributed by atoms with Gasteiger partial charge in [0.2, 0.25) is 11.9 Å². The lowest BCUT2D eigenvalue weighted by Gasteiger charge is -2.19. The standard InChI is InChI=1S/C17H21ClN6O2S/c1-19-15(26)20-14(25)8-11-27-17-22-21-16(23-9-4-5-10-23)24(17)13-7-3-2-6-12(13)18/h2-3,6-7H,4-5,8-11H2,1H3,(H2,19,20,25,26). The molecule has 2 N–H and O–H groups in total. The van der Waals surface area contributed by atoms with Gasteiger partial charge in [0.05, 0.1) is 10.7 Å². The number of carbonyl (C=O) groups is 2. The highest BCUT2D eigenvalue weighted by Gasteiger charge is 2.23. The molecule has 1 aromatic heterocycles. The summed E-state index contributed by atoms with van der Waals surface area (Å²) in [7, 11) is 1.46. The van der Waals surface area contributed by atoms with Crippen molar-refractivity contribution in [2.75, 3.05) is 30.8 Å². The number of thioether (sulfide) groups is 1. The molecule has 0 saturated carbocycles. The zero-order valence-corrected chi connectivity index (χ0v) is 16.5. The van der Waals surface area contributed by atoms with Crippen molar-refractivity contribution >= 4 is 41.2 Å². The number of halogens is 1. The highest BCUT2D eigenvalue weighted by Crippen LogP contribution is 2.31. The number of carbonyl (C=O) groups excluding carboxylic acids is 2. The van der Waals surface area contributed by atoms with Gasteiger partial charge in [-0.25, -0.2) is 4.79 Å². The fraction of sp³-hybridized carbons (Fsp3) is 0.412. The van der Waals surface area contributed by atoms with Gasteiger partial charge in [0.25, 0.3) is 0 Å². The van der Waals surface area contributed by atoms with Gasteiger partial charge in [0.1, 0.15) is 0 Å². The largest absolute Gasteiger partial charge is 0.341 e. The number of hydrogen-bond acceptors (Lipinski definition) is 6. The lowest BCUT2D eigenvalue weighted by Crippen LogP contribution is -2.37. The number of para-hydroxylation sites is 1. The van der Waals surface area contributed by atoms with Crippen LogP contribution in [0.15, 0.2) is 29.4 Å². The van der Waals surface area contributed by atoms with Gasteiger partial charge >= 0.3 is 6.03 Å². The lowest BCUT2D eigenvalue weighted by molar-refractivity contribution is -0.119. The second-order valence-electron chi connectivity index (χ2n) is 5.99. The molecule has 27 heavy (non-hydrogen) atoms. The third-order valence-electron chi connectivity index (χ3n) is 4.14. The zero-order chi connectivity index (χ0) is 19.2. The van der Waals surface area contributed by atoms with Gasteiger partial charge in [-0.1, -0.05) is 35.5 Å². The molecule has 144 valence electrons. The number of urea groups is 1. The molecule has 1 aliphatic heterocycles. The number of imide groups is 1. The molecule has 1 aliphatic rings. The fourth-order valence-corrected chi connectivity index (χ4v) is 3.91. The number of amides is 3. The van der Waals surface area contributed by atoms with Crippen LogP contribution in [0.4, 0.5) is 10.7 Å². The number of aromatic nitrogens is 3. The van der Waals surface area contributed by atoms with E-state index >= 15 is 0 Å². The summed E-state index contributed by atoms with van der Waals surface area (Å²) >= 11 is 7.82. The molecule has 0 unspecified atom stereocenters. The number of rotatable bonds is 6. The van der Waals surface area contributed by atoms with Crippen molar-refractivity contribution in [3.8, 4) is 5.69 Å². The number of benzene rings is 1. The normalized spacial score (nSPS) is 13.6. The Morgan fingerprint density at radius 3 is 2.67 bits per heavy atom. The summed E-state index contributed by atoms with van der Waals surface area (Å²) in [6.07, 6.45) is 2.43. The molecule has 3 rings (SSSR count). The van der Waals surface area contributed by atoms with Crippen LogP contribution >= 0.6 is 23.4 Å². The number of nitrogens with zero attached hydrogens (tertiary/aromatic N) is 4. The van der Waals surface area contributed by atoms with E-state index in [2.05, 4.69) is 25.7 Å². The fourth-order valence-electron chi connectivity index (χ4n) is 2.81.